The van der Waals surface area contributed by atoms with Crippen molar-refractivity contribution in [1.29, 1.82) is 0 Å². The first-order valence-corrected chi connectivity index (χ1v) is 6.65. The number of anilines is 1. The van der Waals surface area contributed by atoms with Gasteiger partial charge in [0.2, 0.25) is 0 Å². The molecule has 1 aromatic rings. The highest BCUT2D eigenvalue weighted by Gasteiger charge is 2.53. The van der Waals surface area contributed by atoms with Crippen LogP contribution in [0.25, 0.3) is 0 Å². The van der Waals surface area contributed by atoms with Gasteiger partial charge in [0.05, 0.1) is 0 Å². The molecule has 0 atom stereocenters. The highest BCUT2D eigenvalue weighted by Crippen LogP contribution is 2.60. The van der Waals surface area contributed by atoms with E-state index in [4.69, 9.17) is 0 Å². The van der Waals surface area contributed by atoms with Gasteiger partial charge in [-0.1, -0.05) is 0 Å². The van der Waals surface area contributed by atoms with Crippen LogP contribution in [0.4, 0.5) is 5.82 Å². The zero-order valence-electron chi connectivity index (χ0n) is 10.7. The molecule has 0 bridgehead atoms. The first-order valence-electron chi connectivity index (χ1n) is 6.65. The van der Waals surface area contributed by atoms with E-state index in [2.05, 4.69) is 15.6 Å². The summed E-state index contributed by atoms with van der Waals surface area (Å²) in [6.07, 6.45) is 6.95. The number of amides is 1. The Kier molecular flexibility index (Phi) is 2.73. The van der Waals surface area contributed by atoms with Gasteiger partial charge in [-0.15, -0.1) is 0 Å². The predicted octanol–water partition coefficient (Wildman–Crippen LogP) is 2.04. The third-order valence-corrected chi connectivity index (χ3v) is 4.21. The number of carbonyl (C=O) groups excluding carboxylic acids is 1. The fourth-order valence-corrected chi connectivity index (χ4v) is 2.65. The van der Waals surface area contributed by atoms with E-state index in [1.54, 1.807) is 25.4 Å². The lowest BCUT2D eigenvalue weighted by Gasteiger charge is -2.15. The molecule has 2 fully saturated rings. The van der Waals surface area contributed by atoms with Crippen molar-refractivity contribution in [1.82, 2.24) is 10.3 Å². The summed E-state index contributed by atoms with van der Waals surface area (Å²) in [7, 11) is 1.80. The third-order valence-electron chi connectivity index (χ3n) is 4.21. The number of carbonyl (C=O) groups is 1. The Morgan fingerprint density at radius 3 is 2.89 bits per heavy atom. The SMILES string of the molecule is CNc1cc(C(=O)NCC2(C3CC3)CC2)ccn1. The fraction of sp³-hybridized carbons (Fsp3) is 0.571. The normalized spacial score (nSPS) is 20.3. The molecule has 1 amide bonds. The Bertz CT molecular complexity index is 464. The second-order valence-electron chi connectivity index (χ2n) is 5.50. The van der Waals surface area contributed by atoms with E-state index in [0.29, 0.717) is 11.0 Å². The molecule has 96 valence electrons. The number of aromatic nitrogens is 1. The molecule has 1 heterocycles. The fourth-order valence-electron chi connectivity index (χ4n) is 2.65. The summed E-state index contributed by atoms with van der Waals surface area (Å²) in [6, 6.07) is 3.54. The van der Waals surface area contributed by atoms with E-state index < -0.39 is 0 Å². The largest absolute Gasteiger partial charge is 0.373 e. The summed E-state index contributed by atoms with van der Waals surface area (Å²) in [5.41, 5.74) is 1.13. The van der Waals surface area contributed by atoms with Gasteiger partial charge in [-0.25, -0.2) is 4.98 Å². The van der Waals surface area contributed by atoms with Gasteiger partial charge in [-0.2, -0.15) is 0 Å². The van der Waals surface area contributed by atoms with Crippen LogP contribution in [0.3, 0.4) is 0 Å². The van der Waals surface area contributed by atoms with Gasteiger partial charge >= 0.3 is 0 Å². The number of rotatable bonds is 5. The van der Waals surface area contributed by atoms with Crippen molar-refractivity contribution in [2.45, 2.75) is 25.7 Å². The average molecular weight is 245 g/mol. The molecule has 3 rings (SSSR count). The summed E-state index contributed by atoms with van der Waals surface area (Å²) >= 11 is 0. The summed E-state index contributed by atoms with van der Waals surface area (Å²) in [6.45, 7) is 0.841. The summed E-state index contributed by atoms with van der Waals surface area (Å²) in [5, 5.41) is 6.02. The molecular formula is C14H19N3O. The van der Waals surface area contributed by atoms with Gasteiger partial charge in [0.25, 0.3) is 5.91 Å². The number of nitrogens with zero attached hydrogens (tertiary/aromatic N) is 1. The van der Waals surface area contributed by atoms with Crippen molar-refractivity contribution in [3.05, 3.63) is 23.9 Å². The van der Waals surface area contributed by atoms with E-state index in [1.165, 1.54) is 25.7 Å². The molecule has 2 aliphatic carbocycles. The maximum atomic E-state index is 12.1. The quantitative estimate of drug-likeness (QED) is 0.834. The molecule has 0 spiro atoms. The van der Waals surface area contributed by atoms with E-state index in [-0.39, 0.29) is 5.91 Å². The van der Waals surface area contributed by atoms with E-state index in [0.717, 1.165) is 18.3 Å². The molecular weight excluding hydrogens is 226 g/mol. The Labute approximate surface area is 107 Å². The summed E-state index contributed by atoms with van der Waals surface area (Å²) in [5.74, 6) is 1.62. The molecule has 2 N–H and O–H groups in total. The van der Waals surface area contributed by atoms with Gasteiger partial charge in [-0.3, -0.25) is 4.79 Å². The van der Waals surface area contributed by atoms with E-state index in [9.17, 15) is 4.79 Å². The molecule has 2 saturated carbocycles. The minimum absolute atomic E-state index is 0.0147. The van der Waals surface area contributed by atoms with Gasteiger partial charge in [0.15, 0.2) is 0 Å². The average Bonchev–Trinajstić information content (AvgIpc) is 3.28. The van der Waals surface area contributed by atoms with Crippen LogP contribution < -0.4 is 10.6 Å². The highest BCUT2D eigenvalue weighted by molar-refractivity contribution is 5.94. The lowest BCUT2D eigenvalue weighted by Crippen LogP contribution is -2.31. The molecule has 0 radical (unpaired) electrons. The Balaban J connectivity index is 1.60. The minimum atomic E-state index is 0.0147. The van der Waals surface area contributed by atoms with Crippen LogP contribution in [0.2, 0.25) is 0 Å². The smallest absolute Gasteiger partial charge is 0.251 e. The van der Waals surface area contributed by atoms with Crippen LogP contribution in [0, 0.1) is 11.3 Å². The molecule has 1 aromatic heterocycles. The topological polar surface area (TPSA) is 54.0 Å². The predicted molar refractivity (Wildman–Crippen MR) is 70.5 cm³/mol. The van der Waals surface area contributed by atoms with Gasteiger partial charge in [0.1, 0.15) is 5.82 Å². The maximum Gasteiger partial charge on any atom is 0.251 e. The Morgan fingerprint density at radius 2 is 2.28 bits per heavy atom. The number of nitrogens with one attached hydrogen (secondary N) is 2. The van der Waals surface area contributed by atoms with Crippen LogP contribution in [-0.4, -0.2) is 24.5 Å². The summed E-state index contributed by atoms with van der Waals surface area (Å²) in [4.78, 5) is 16.2. The van der Waals surface area contributed by atoms with Crippen molar-refractivity contribution in [3.63, 3.8) is 0 Å². The van der Waals surface area contributed by atoms with Crippen molar-refractivity contribution >= 4 is 11.7 Å². The number of hydrogen-bond donors (Lipinski definition) is 2. The second-order valence-corrected chi connectivity index (χ2v) is 5.50. The molecule has 0 saturated heterocycles. The van der Waals surface area contributed by atoms with Crippen LogP contribution in [0.1, 0.15) is 36.0 Å². The van der Waals surface area contributed by atoms with E-state index in [1.807, 2.05) is 0 Å². The molecule has 18 heavy (non-hydrogen) atoms. The molecule has 2 aliphatic rings. The van der Waals surface area contributed by atoms with E-state index >= 15 is 0 Å². The molecule has 0 unspecified atom stereocenters. The molecule has 4 nitrogen and oxygen atoms in total. The number of hydrogen-bond acceptors (Lipinski definition) is 3. The first kappa shape index (κ1) is 11.5. The molecule has 0 aromatic carbocycles. The standard InChI is InChI=1S/C14H19N3O/c1-15-12-8-10(4-7-16-12)13(18)17-9-14(5-6-14)11-2-3-11/h4,7-8,11H,2-3,5-6,9H2,1H3,(H,15,16)(H,17,18). The van der Waals surface area contributed by atoms with Crippen molar-refractivity contribution in [2.24, 2.45) is 11.3 Å². The monoisotopic (exact) mass is 245 g/mol. The van der Waals surface area contributed by atoms with Crippen LogP contribution in [-0.2, 0) is 0 Å². The van der Waals surface area contributed by atoms with Gasteiger partial charge in [-0.05, 0) is 49.1 Å². The van der Waals surface area contributed by atoms with Gasteiger partial charge < -0.3 is 10.6 Å². The van der Waals surface area contributed by atoms with Crippen LogP contribution in [0.5, 0.6) is 0 Å². The maximum absolute atomic E-state index is 12.1. The van der Waals surface area contributed by atoms with Crippen LogP contribution >= 0.6 is 0 Å². The lowest BCUT2D eigenvalue weighted by atomic mass is 10.0. The lowest BCUT2D eigenvalue weighted by molar-refractivity contribution is 0.0942. The molecule has 4 heteroatoms. The second kappa shape index (κ2) is 4.26. The minimum Gasteiger partial charge on any atom is -0.373 e. The van der Waals surface area contributed by atoms with Crippen molar-refractivity contribution in [3.8, 4) is 0 Å². The van der Waals surface area contributed by atoms with Crippen LogP contribution in [0.15, 0.2) is 18.3 Å². The van der Waals surface area contributed by atoms with Gasteiger partial charge in [0, 0.05) is 25.4 Å². The van der Waals surface area contributed by atoms with Crippen molar-refractivity contribution < 1.29 is 4.79 Å². The first-order chi connectivity index (χ1) is 8.73. The molecule has 0 aliphatic heterocycles. The Morgan fingerprint density at radius 1 is 1.50 bits per heavy atom. The zero-order valence-corrected chi connectivity index (χ0v) is 10.7. The third kappa shape index (κ3) is 2.19. The van der Waals surface area contributed by atoms with Crippen molar-refractivity contribution in [2.75, 3.05) is 18.9 Å². The zero-order chi connectivity index (χ0) is 12.6. The summed E-state index contributed by atoms with van der Waals surface area (Å²) < 4.78 is 0. The Hall–Kier alpha value is -1.58. The number of pyridine rings is 1. The highest BCUT2D eigenvalue weighted by atomic mass is 16.1.